The first-order valence-electron chi connectivity index (χ1n) is 6.31. The lowest BCUT2D eigenvalue weighted by Gasteiger charge is -2.20. The van der Waals surface area contributed by atoms with Crippen LogP contribution in [-0.2, 0) is 0 Å². The number of carbonyl (C=O) groups excluding carboxylic acids is 1. The number of thioether (sulfide) groups is 1. The fraction of sp³-hybridized carbons (Fsp3) is 0.500. The van der Waals surface area contributed by atoms with E-state index in [1.165, 1.54) is 12.1 Å². The van der Waals surface area contributed by atoms with Crippen LogP contribution in [0.4, 0.5) is 8.78 Å². The van der Waals surface area contributed by atoms with Crippen LogP contribution < -0.4 is 4.74 Å². The number of ketones is 1. The molecule has 0 bridgehead atoms. The van der Waals surface area contributed by atoms with E-state index in [4.69, 9.17) is 0 Å². The van der Waals surface area contributed by atoms with Crippen molar-refractivity contribution in [3.05, 3.63) is 29.8 Å². The lowest BCUT2D eigenvalue weighted by Crippen LogP contribution is -2.14. The van der Waals surface area contributed by atoms with Crippen LogP contribution in [0.5, 0.6) is 5.75 Å². The molecule has 0 unspecified atom stereocenters. The Morgan fingerprint density at radius 2 is 2.11 bits per heavy atom. The first kappa shape index (κ1) is 14.3. The van der Waals surface area contributed by atoms with Gasteiger partial charge >= 0.3 is 6.61 Å². The summed E-state index contributed by atoms with van der Waals surface area (Å²) in [6.07, 6.45) is 2.62. The maximum absolute atomic E-state index is 12.1. The third kappa shape index (κ3) is 4.49. The number of rotatable bonds is 5. The lowest BCUT2D eigenvalue weighted by atomic mass is 9.93. The summed E-state index contributed by atoms with van der Waals surface area (Å²) in [5, 5.41) is 0. The van der Waals surface area contributed by atoms with Gasteiger partial charge in [0.25, 0.3) is 0 Å². The van der Waals surface area contributed by atoms with Crippen LogP contribution in [0.15, 0.2) is 24.3 Å². The largest absolute Gasteiger partial charge is 0.435 e. The molecule has 104 valence electrons. The smallest absolute Gasteiger partial charge is 0.387 e. The quantitative estimate of drug-likeness (QED) is 0.765. The van der Waals surface area contributed by atoms with Gasteiger partial charge in [0.05, 0.1) is 0 Å². The maximum atomic E-state index is 12.1. The van der Waals surface area contributed by atoms with Gasteiger partial charge in [0, 0.05) is 12.0 Å². The fourth-order valence-corrected chi connectivity index (χ4v) is 3.38. The number of halogens is 2. The van der Waals surface area contributed by atoms with Crippen molar-refractivity contribution in [3.8, 4) is 5.75 Å². The SMILES string of the molecule is O=C(CC1CCSCC1)c1cccc(OC(F)F)c1. The van der Waals surface area contributed by atoms with Gasteiger partial charge in [0.15, 0.2) is 5.78 Å². The molecule has 0 saturated carbocycles. The molecule has 1 heterocycles. The van der Waals surface area contributed by atoms with Crippen LogP contribution in [0.25, 0.3) is 0 Å². The number of ether oxygens (including phenoxy) is 1. The monoisotopic (exact) mass is 286 g/mol. The molecule has 5 heteroatoms. The van der Waals surface area contributed by atoms with Crippen molar-refractivity contribution >= 4 is 17.5 Å². The van der Waals surface area contributed by atoms with Crippen LogP contribution in [0.2, 0.25) is 0 Å². The molecule has 0 atom stereocenters. The highest BCUT2D eigenvalue weighted by Crippen LogP contribution is 2.27. The van der Waals surface area contributed by atoms with Crippen LogP contribution in [0.3, 0.4) is 0 Å². The molecule has 0 aromatic heterocycles. The van der Waals surface area contributed by atoms with E-state index in [-0.39, 0.29) is 11.5 Å². The molecule has 1 saturated heterocycles. The molecule has 0 amide bonds. The van der Waals surface area contributed by atoms with Gasteiger partial charge < -0.3 is 4.74 Å². The molecular weight excluding hydrogens is 270 g/mol. The van der Waals surface area contributed by atoms with E-state index in [0.29, 0.717) is 17.9 Å². The summed E-state index contributed by atoms with van der Waals surface area (Å²) in [7, 11) is 0. The van der Waals surface area contributed by atoms with Crippen molar-refractivity contribution in [1.29, 1.82) is 0 Å². The average Bonchev–Trinajstić information content (AvgIpc) is 2.39. The molecule has 1 aromatic rings. The van der Waals surface area contributed by atoms with Crippen LogP contribution in [0, 0.1) is 5.92 Å². The number of hydrogen-bond acceptors (Lipinski definition) is 3. The van der Waals surface area contributed by atoms with Gasteiger partial charge in [-0.05, 0) is 42.4 Å². The van der Waals surface area contributed by atoms with Crippen molar-refractivity contribution in [1.82, 2.24) is 0 Å². The van der Waals surface area contributed by atoms with Crippen LogP contribution in [-0.4, -0.2) is 23.9 Å². The minimum Gasteiger partial charge on any atom is -0.435 e. The van der Waals surface area contributed by atoms with Gasteiger partial charge in [-0.3, -0.25) is 4.79 Å². The summed E-state index contributed by atoms with van der Waals surface area (Å²) in [5.41, 5.74) is 0.455. The van der Waals surface area contributed by atoms with Gasteiger partial charge in [-0.1, -0.05) is 12.1 Å². The zero-order valence-electron chi connectivity index (χ0n) is 10.5. The van der Waals surface area contributed by atoms with Crippen LogP contribution >= 0.6 is 11.8 Å². The maximum Gasteiger partial charge on any atom is 0.387 e. The minimum absolute atomic E-state index is 0.0108. The van der Waals surface area contributed by atoms with Crippen molar-refractivity contribution < 1.29 is 18.3 Å². The van der Waals surface area contributed by atoms with Crippen molar-refractivity contribution in [3.63, 3.8) is 0 Å². The molecule has 0 N–H and O–H groups in total. The number of Topliss-reactive ketones (excluding diaryl/α,β-unsaturated/α-hetero) is 1. The Balaban J connectivity index is 1.97. The predicted molar refractivity (Wildman–Crippen MR) is 72.1 cm³/mol. The normalized spacial score (nSPS) is 16.6. The average molecular weight is 286 g/mol. The second kappa shape index (κ2) is 6.89. The van der Waals surface area contributed by atoms with Crippen molar-refractivity contribution in [2.24, 2.45) is 5.92 Å². The molecule has 19 heavy (non-hydrogen) atoms. The first-order chi connectivity index (χ1) is 9.15. The summed E-state index contributed by atoms with van der Waals surface area (Å²) in [4.78, 5) is 12.1. The third-order valence-electron chi connectivity index (χ3n) is 3.20. The highest BCUT2D eigenvalue weighted by molar-refractivity contribution is 7.99. The number of carbonyl (C=O) groups is 1. The second-order valence-electron chi connectivity index (χ2n) is 4.59. The van der Waals surface area contributed by atoms with E-state index in [9.17, 15) is 13.6 Å². The third-order valence-corrected chi connectivity index (χ3v) is 4.24. The Kier molecular flexibility index (Phi) is 5.19. The summed E-state index contributed by atoms with van der Waals surface area (Å²) in [6, 6.07) is 6.05. The van der Waals surface area contributed by atoms with E-state index in [2.05, 4.69) is 4.74 Å². The highest BCUT2D eigenvalue weighted by Gasteiger charge is 2.18. The minimum atomic E-state index is -2.86. The first-order valence-corrected chi connectivity index (χ1v) is 7.46. The summed E-state index contributed by atoms with van der Waals surface area (Å²) < 4.78 is 28.5. The Morgan fingerprint density at radius 1 is 1.37 bits per heavy atom. The zero-order chi connectivity index (χ0) is 13.7. The topological polar surface area (TPSA) is 26.3 Å². The van der Waals surface area contributed by atoms with Crippen molar-refractivity contribution in [2.75, 3.05) is 11.5 Å². The zero-order valence-corrected chi connectivity index (χ0v) is 11.3. The highest BCUT2D eigenvalue weighted by atomic mass is 32.2. The van der Waals surface area contributed by atoms with E-state index >= 15 is 0 Å². The molecular formula is C14H16F2O2S. The Hall–Kier alpha value is -1.10. The fourth-order valence-electron chi connectivity index (χ4n) is 2.18. The molecule has 0 radical (unpaired) electrons. The summed E-state index contributed by atoms with van der Waals surface area (Å²) in [6.45, 7) is -2.86. The number of hydrogen-bond donors (Lipinski definition) is 0. The lowest BCUT2D eigenvalue weighted by molar-refractivity contribution is -0.0498. The van der Waals surface area contributed by atoms with E-state index in [0.717, 1.165) is 24.3 Å². The Morgan fingerprint density at radius 3 is 2.79 bits per heavy atom. The van der Waals surface area contributed by atoms with Crippen molar-refractivity contribution in [2.45, 2.75) is 25.9 Å². The molecule has 2 rings (SSSR count). The van der Waals surface area contributed by atoms with Gasteiger partial charge in [-0.15, -0.1) is 0 Å². The van der Waals surface area contributed by atoms with E-state index in [1.807, 2.05) is 11.8 Å². The predicted octanol–water partition coefficient (Wildman–Crippen LogP) is 4.00. The van der Waals surface area contributed by atoms with Gasteiger partial charge in [0.1, 0.15) is 5.75 Å². The molecule has 1 aliphatic rings. The van der Waals surface area contributed by atoms with E-state index < -0.39 is 6.61 Å². The molecule has 2 nitrogen and oxygen atoms in total. The standard InChI is InChI=1S/C14H16F2O2S/c15-14(16)18-12-3-1-2-11(9-12)13(17)8-10-4-6-19-7-5-10/h1-3,9-10,14H,4-8H2. The van der Waals surface area contributed by atoms with E-state index in [1.54, 1.807) is 12.1 Å². The van der Waals surface area contributed by atoms with Gasteiger partial charge in [-0.2, -0.15) is 20.5 Å². The molecule has 0 aliphatic carbocycles. The summed E-state index contributed by atoms with van der Waals surface area (Å²) >= 11 is 1.92. The second-order valence-corrected chi connectivity index (χ2v) is 5.81. The molecule has 1 fully saturated rings. The molecule has 0 spiro atoms. The summed E-state index contributed by atoms with van der Waals surface area (Å²) in [5.74, 6) is 2.68. The molecule has 1 aliphatic heterocycles. The Bertz CT molecular complexity index is 431. The number of alkyl halides is 2. The Labute approximate surface area is 115 Å². The van der Waals surface area contributed by atoms with Gasteiger partial charge in [0.2, 0.25) is 0 Å². The molecule has 1 aromatic carbocycles. The van der Waals surface area contributed by atoms with Gasteiger partial charge in [-0.25, -0.2) is 0 Å². The number of benzene rings is 1. The van der Waals surface area contributed by atoms with Crippen LogP contribution in [0.1, 0.15) is 29.6 Å².